The van der Waals surface area contributed by atoms with Crippen LogP contribution in [0.3, 0.4) is 0 Å². The highest BCUT2D eigenvalue weighted by Gasteiger charge is 2.20. The van der Waals surface area contributed by atoms with Gasteiger partial charge in [-0.2, -0.15) is 0 Å². The molecule has 0 aromatic heterocycles. The average Bonchev–Trinajstić information content (AvgIpc) is 2.89. The number of ketones is 1. The molecular weight excluding hydrogens is 332 g/mol. The summed E-state index contributed by atoms with van der Waals surface area (Å²) in [6.45, 7) is 1.30. The topological polar surface area (TPSA) is 35.5 Å². The van der Waals surface area contributed by atoms with E-state index < -0.39 is 0 Å². The molecule has 1 heterocycles. The molecule has 0 N–H and O–H groups in total. The van der Waals surface area contributed by atoms with Gasteiger partial charge < -0.3 is 9.47 Å². The Morgan fingerprint density at radius 2 is 1.76 bits per heavy atom. The molecule has 0 atom stereocenters. The van der Waals surface area contributed by atoms with Crippen LogP contribution in [0.5, 0.6) is 11.5 Å². The van der Waals surface area contributed by atoms with Crippen LogP contribution in [-0.4, -0.2) is 19.0 Å². The maximum Gasteiger partial charge on any atom is 0.164 e. The molecule has 0 amide bonds. The third-order valence-electron chi connectivity index (χ3n) is 4.39. The molecule has 3 nitrogen and oxygen atoms in total. The summed E-state index contributed by atoms with van der Waals surface area (Å²) in [6, 6.07) is 3.70. The van der Waals surface area contributed by atoms with E-state index in [0.717, 1.165) is 34.5 Å². The predicted octanol–water partition coefficient (Wildman–Crippen LogP) is 4.76. The minimum atomic E-state index is 0.199. The predicted molar refractivity (Wildman–Crippen MR) is 85.3 cm³/mol. The molecule has 1 saturated carbocycles. The molecule has 1 aromatic carbocycles. The van der Waals surface area contributed by atoms with E-state index in [1.165, 1.54) is 25.7 Å². The highest BCUT2D eigenvalue weighted by Crippen LogP contribution is 2.36. The number of rotatable bonds is 4. The summed E-state index contributed by atoms with van der Waals surface area (Å²) in [5, 5.41) is 0. The minimum absolute atomic E-state index is 0.199. The third kappa shape index (κ3) is 3.60. The molecule has 1 aliphatic heterocycles. The second-order valence-electron chi connectivity index (χ2n) is 5.94. The monoisotopic (exact) mass is 352 g/mol. The molecule has 0 bridgehead atoms. The smallest absolute Gasteiger partial charge is 0.164 e. The lowest BCUT2D eigenvalue weighted by Crippen LogP contribution is -2.05. The van der Waals surface area contributed by atoms with Crippen LogP contribution in [0.4, 0.5) is 0 Å². The van der Waals surface area contributed by atoms with E-state index in [-0.39, 0.29) is 5.78 Å². The first kappa shape index (κ1) is 14.9. The van der Waals surface area contributed by atoms with E-state index in [4.69, 9.17) is 9.47 Å². The van der Waals surface area contributed by atoms with Crippen LogP contribution >= 0.6 is 15.9 Å². The minimum Gasteiger partial charge on any atom is -0.490 e. The number of hydrogen-bond donors (Lipinski definition) is 0. The lowest BCUT2D eigenvalue weighted by Gasteiger charge is -2.12. The Labute approximate surface area is 134 Å². The summed E-state index contributed by atoms with van der Waals surface area (Å²) in [5.74, 6) is 2.36. The number of carbonyl (C=O) groups excluding carboxylic acids is 1. The molecule has 0 radical (unpaired) electrons. The van der Waals surface area contributed by atoms with Crippen LogP contribution < -0.4 is 9.47 Å². The quantitative estimate of drug-likeness (QED) is 0.732. The van der Waals surface area contributed by atoms with Crippen molar-refractivity contribution in [2.75, 3.05) is 13.2 Å². The number of carbonyl (C=O) groups is 1. The second-order valence-corrected chi connectivity index (χ2v) is 6.80. The van der Waals surface area contributed by atoms with Gasteiger partial charge in [0.15, 0.2) is 17.3 Å². The maximum absolute atomic E-state index is 12.5. The van der Waals surface area contributed by atoms with Gasteiger partial charge in [0.1, 0.15) is 0 Å². The van der Waals surface area contributed by atoms with Crippen LogP contribution in [0.15, 0.2) is 16.6 Å². The van der Waals surface area contributed by atoms with Crippen LogP contribution in [0.25, 0.3) is 0 Å². The van der Waals surface area contributed by atoms with Gasteiger partial charge in [0.05, 0.1) is 13.2 Å². The van der Waals surface area contributed by atoms with E-state index in [9.17, 15) is 4.79 Å². The Morgan fingerprint density at radius 3 is 2.48 bits per heavy atom. The van der Waals surface area contributed by atoms with Gasteiger partial charge in [0.25, 0.3) is 0 Å². The summed E-state index contributed by atoms with van der Waals surface area (Å²) < 4.78 is 12.1. The van der Waals surface area contributed by atoms with Crippen molar-refractivity contribution in [3.05, 3.63) is 22.2 Å². The maximum atomic E-state index is 12.5. The Balaban J connectivity index is 1.71. The fourth-order valence-electron chi connectivity index (χ4n) is 3.17. The van der Waals surface area contributed by atoms with E-state index in [1.54, 1.807) is 0 Å². The molecule has 1 aromatic rings. The molecule has 0 spiro atoms. The van der Waals surface area contributed by atoms with Crippen molar-refractivity contribution in [2.24, 2.45) is 5.92 Å². The Hall–Kier alpha value is -1.03. The summed E-state index contributed by atoms with van der Waals surface area (Å²) in [4.78, 5) is 12.5. The highest BCUT2D eigenvalue weighted by molar-refractivity contribution is 9.10. The zero-order valence-corrected chi connectivity index (χ0v) is 13.8. The number of hydrogen-bond acceptors (Lipinski definition) is 3. The zero-order chi connectivity index (χ0) is 14.7. The van der Waals surface area contributed by atoms with Gasteiger partial charge >= 0.3 is 0 Å². The number of fused-ring (bicyclic) bond motifs is 1. The van der Waals surface area contributed by atoms with Gasteiger partial charge in [-0.25, -0.2) is 0 Å². The Kier molecular flexibility index (Phi) is 4.84. The van der Waals surface area contributed by atoms with Gasteiger partial charge in [0.2, 0.25) is 0 Å². The number of halogens is 1. The molecular formula is C17H21BrO3. The molecule has 1 aliphatic carbocycles. The van der Waals surface area contributed by atoms with Crippen LogP contribution in [0.2, 0.25) is 0 Å². The van der Waals surface area contributed by atoms with Crippen molar-refractivity contribution < 1.29 is 14.3 Å². The highest BCUT2D eigenvalue weighted by atomic mass is 79.9. The fourth-order valence-corrected chi connectivity index (χ4v) is 3.71. The normalized spacial score (nSPS) is 18.5. The third-order valence-corrected chi connectivity index (χ3v) is 5.05. The van der Waals surface area contributed by atoms with Crippen molar-refractivity contribution in [1.29, 1.82) is 0 Å². The lowest BCUT2D eigenvalue weighted by atomic mass is 9.97. The van der Waals surface area contributed by atoms with Crippen molar-refractivity contribution in [3.8, 4) is 11.5 Å². The number of benzene rings is 1. The molecule has 1 fully saturated rings. The molecule has 3 rings (SSSR count). The first-order chi connectivity index (χ1) is 10.2. The van der Waals surface area contributed by atoms with Crippen LogP contribution in [-0.2, 0) is 0 Å². The van der Waals surface area contributed by atoms with E-state index in [1.807, 2.05) is 12.1 Å². The number of Topliss-reactive ketones (excluding diaryl/α,β-unsaturated/α-hetero) is 1. The summed E-state index contributed by atoms with van der Waals surface area (Å²) in [7, 11) is 0. The second kappa shape index (κ2) is 6.82. The van der Waals surface area contributed by atoms with Crippen molar-refractivity contribution in [1.82, 2.24) is 0 Å². The van der Waals surface area contributed by atoms with Gasteiger partial charge in [-0.1, -0.05) is 25.7 Å². The number of ether oxygens (including phenoxy) is 2. The van der Waals surface area contributed by atoms with Crippen molar-refractivity contribution >= 4 is 21.7 Å². The summed E-state index contributed by atoms with van der Waals surface area (Å²) >= 11 is 3.50. The lowest BCUT2D eigenvalue weighted by molar-refractivity contribution is 0.0972. The fraction of sp³-hybridized carbons (Fsp3) is 0.588. The van der Waals surface area contributed by atoms with Crippen LogP contribution in [0.1, 0.15) is 55.3 Å². The van der Waals surface area contributed by atoms with Gasteiger partial charge in [0, 0.05) is 22.9 Å². The average molecular weight is 353 g/mol. The first-order valence-electron chi connectivity index (χ1n) is 7.86. The molecule has 21 heavy (non-hydrogen) atoms. The van der Waals surface area contributed by atoms with Crippen molar-refractivity contribution in [2.45, 2.75) is 44.9 Å². The van der Waals surface area contributed by atoms with Crippen LogP contribution in [0, 0.1) is 5.92 Å². The SMILES string of the molecule is O=C(CCC1CCCC1)c1cc2c(cc1Br)OCCCO2. The van der Waals surface area contributed by atoms with E-state index in [2.05, 4.69) is 15.9 Å². The van der Waals surface area contributed by atoms with E-state index in [0.29, 0.717) is 25.4 Å². The molecule has 114 valence electrons. The van der Waals surface area contributed by atoms with Gasteiger partial charge in [-0.3, -0.25) is 4.79 Å². The first-order valence-corrected chi connectivity index (χ1v) is 8.65. The summed E-state index contributed by atoms with van der Waals surface area (Å²) in [6.07, 6.45) is 7.74. The molecule has 2 aliphatic rings. The Morgan fingerprint density at radius 1 is 1.10 bits per heavy atom. The standard InChI is InChI=1S/C17H21BrO3/c18-14-11-17-16(20-8-3-9-21-17)10-13(14)15(19)7-6-12-4-1-2-5-12/h10-12H,1-9H2. The molecule has 0 unspecified atom stereocenters. The summed E-state index contributed by atoms with van der Waals surface area (Å²) in [5.41, 5.74) is 0.720. The largest absolute Gasteiger partial charge is 0.490 e. The molecule has 0 saturated heterocycles. The van der Waals surface area contributed by atoms with Gasteiger partial charge in [-0.05, 0) is 40.4 Å². The van der Waals surface area contributed by atoms with Gasteiger partial charge in [-0.15, -0.1) is 0 Å². The van der Waals surface area contributed by atoms with Crippen molar-refractivity contribution in [3.63, 3.8) is 0 Å². The Bertz CT molecular complexity index is 521. The molecule has 4 heteroatoms. The van der Waals surface area contributed by atoms with E-state index >= 15 is 0 Å². The zero-order valence-electron chi connectivity index (χ0n) is 12.2.